The van der Waals surface area contributed by atoms with Gasteiger partial charge in [-0.3, -0.25) is 9.69 Å². The van der Waals surface area contributed by atoms with Gasteiger partial charge in [0, 0.05) is 30.7 Å². The molecule has 7 heteroatoms. The van der Waals surface area contributed by atoms with Gasteiger partial charge in [-0.25, -0.2) is 0 Å². The van der Waals surface area contributed by atoms with E-state index in [1.807, 2.05) is 30.9 Å². The highest BCUT2D eigenvalue weighted by molar-refractivity contribution is 5.98. The molecule has 1 amide bonds. The molecule has 1 N–H and O–H groups in total. The van der Waals surface area contributed by atoms with Crippen LogP contribution in [0.2, 0.25) is 0 Å². The predicted octanol–water partition coefficient (Wildman–Crippen LogP) is 5.05. The number of benzene rings is 2. The maximum absolute atomic E-state index is 13.3. The lowest BCUT2D eigenvalue weighted by atomic mass is 9.93. The molecule has 4 nitrogen and oxygen atoms in total. The molecule has 0 aliphatic carbocycles. The summed E-state index contributed by atoms with van der Waals surface area (Å²) in [6.45, 7) is 6.37. The normalized spacial score (nSPS) is 20.4. The fourth-order valence-corrected chi connectivity index (χ4v) is 5.41. The summed E-state index contributed by atoms with van der Waals surface area (Å²) in [5.74, 6) is 0.0162. The number of aliphatic hydroxyl groups excluding tert-OH is 1. The molecule has 0 aromatic heterocycles. The number of hydrogen-bond acceptors (Lipinski definition) is 3. The highest BCUT2D eigenvalue weighted by Gasteiger charge is 2.34. The number of halogens is 3. The van der Waals surface area contributed by atoms with E-state index in [0.29, 0.717) is 30.3 Å². The summed E-state index contributed by atoms with van der Waals surface area (Å²) in [6, 6.07) is 9.55. The van der Waals surface area contributed by atoms with Crippen LogP contribution in [0.15, 0.2) is 36.4 Å². The number of amides is 1. The monoisotopic (exact) mass is 460 g/mol. The van der Waals surface area contributed by atoms with Crippen LogP contribution < -0.4 is 0 Å². The van der Waals surface area contributed by atoms with Gasteiger partial charge in [0.2, 0.25) is 0 Å². The Morgan fingerprint density at radius 1 is 0.970 bits per heavy atom. The van der Waals surface area contributed by atoms with Crippen molar-refractivity contribution in [1.82, 2.24) is 9.80 Å². The lowest BCUT2D eigenvalue weighted by Gasteiger charge is -2.39. The van der Waals surface area contributed by atoms with E-state index in [9.17, 15) is 23.1 Å². The van der Waals surface area contributed by atoms with Crippen molar-refractivity contribution >= 4 is 5.91 Å². The SMILES string of the molecule is Cc1cc(-c2ccc(C(F)(F)F)cc2)cc(C)c1C(=O)N1CCC(N2CCCC2CO)CC1. The molecule has 0 bridgehead atoms. The average Bonchev–Trinajstić information content (AvgIpc) is 3.27. The van der Waals surface area contributed by atoms with E-state index in [1.165, 1.54) is 12.1 Å². The van der Waals surface area contributed by atoms with Crippen molar-refractivity contribution < 1.29 is 23.1 Å². The largest absolute Gasteiger partial charge is 0.416 e. The number of likely N-dealkylation sites (tertiary alicyclic amines) is 2. The molecule has 33 heavy (non-hydrogen) atoms. The second kappa shape index (κ2) is 9.47. The molecule has 0 spiro atoms. The lowest BCUT2D eigenvalue weighted by Crippen LogP contribution is -2.49. The maximum Gasteiger partial charge on any atom is 0.416 e. The summed E-state index contributed by atoms with van der Waals surface area (Å²) in [5, 5.41) is 9.61. The Bertz CT molecular complexity index is 973. The van der Waals surface area contributed by atoms with Gasteiger partial charge in [-0.15, -0.1) is 0 Å². The van der Waals surface area contributed by atoms with Crippen LogP contribution in [0.25, 0.3) is 11.1 Å². The summed E-state index contributed by atoms with van der Waals surface area (Å²) >= 11 is 0. The van der Waals surface area contributed by atoms with E-state index in [-0.39, 0.29) is 18.6 Å². The zero-order chi connectivity index (χ0) is 23.8. The van der Waals surface area contributed by atoms with E-state index >= 15 is 0 Å². The van der Waals surface area contributed by atoms with E-state index in [0.717, 1.165) is 61.1 Å². The van der Waals surface area contributed by atoms with Gasteiger partial charge in [0.15, 0.2) is 0 Å². The molecule has 2 fully saturated rings. The van der Waals surface area contributed by atoms with E-state index in [4.69, 9.17) is 0 Å². The minimum absolute atomic E-state index is 0.0162. The number of carbonyl (C=O) groups is 1. The molecule has 2 aliphatic heterocycles. The second-order valence-electron chi connectivity index (χ2n) is 9.30. The summed E-state index contributed by atoms with van der Waals surface area (Å²) in [7, 11) is 0. The third kappa shape index (κ3) is 4.94. The van der Waals surface area contributed by atoms with Gasteiger partial charge >= 0.3 is 6.18 Å². The molecular weight excluding hydrogens is 429 g/mol. The minimum Gasteiger partial charge on any atom is -0.395 e. The summed E-state index contributed by atoms with van der Waals surface area (Å²) in [5.41, 5.74) is 3.16. The van der Waals surface area contributed by atoms with Crippen molar-refractivity contribution in [3.63, 3.8) is 0 Å². The molecule has 0 saturated carbocycles. The van der Waals surface area contributed by atoms with Crippen LogP contribution >= 0.6 is 0 Å². The number of aryl methyl sites for hydroxylation is 2. The topological polar surface area (TPSA) is 43.8 Å². The van der Waals surface area contributed by atoms with Crippen molar-refractivity contribution in [2.24, 2.45) is 0 Å². The van der Waals surface area contributed by atoms with Gasteiger partial charge in [-0.2, -0.15) is 13.2 Å². The van der Waals surface area contributed by atoms with Gasteiger partial charge in [-0.1, -0.05) is 24.3 Å². The van der Waals surface area contributed by atoms with Gasteiger partial charge in [0.25, 0.3) is 5.91 Å². The number of hydrogen-bond donors (Lipinski definition) is 1. The molecule has 178 valence electrons. The molecule has 2 saturated heterocycles. The highest BCUT2D eigenvalue weighted by atomic mass is 19.4. The predicted molar refractivity (Wildman–Crippen MR) is 122 cm³/mol. The first kappa shape index (κ1) is 23.8. The zero-order valence-corrected chi connectivity index (χ0v) is 19.2. The molecule has 2 aromatic carbocycles. The van der Waals surface area contributed by atoms with Crippen LogP contribution in [-0.2, 0) is 6.18 Å². The Labute approximate surface area is 193 Å². The Morgan fingerprint density at radius 3 is 2.12 bits per heavy atom. The third-order valence-corrected chi connectivity index (χ3v) is 7.15. The fraction of sp³-hybridized carbons (Fsp3) is 0.500. The van der Waals surface area contributed by atoms with Crippen LogP contribution in [0.5, 0.6) is 0 Å². The number of carbonyl (C=O) groups excluding carboxylic acids is 1. The van der Waals surface area contributed by atoms with Gasteiger partial charge < -0.3 is 10.0 Å². The quantitative estimate of drug-likeness (QED) is 0.695. The molecule has 2 aliphatic rings. The smallest absolute Gasteiger partial charge is 0.395 e. The molecule has 1 unspecified atom stereocenters. The van der Waals surface area contributed by atoms with E-state index < -0.39 is 11.7 Å². The Morgan fingerprint density at radius 2 is 1.58 bits per heavy atom. The van der Waals surface area contributed by atoms with Gasteiger partial charge in [0.05, 0.1) is 12.2 Å². The molecule has 1 atom stereocenters. The summed E-state index contributed by atoms with van der Waals surface area (Å²) < 4.78 is 38.6. The average molecular weight is 461 g/mol. The fourth-order valence-electron chi connectivity index (χ4n) is 5.41. The maximum atomic E-state index is 13.3. The molecule has 2 aromatic rings. The Balaban J connectivity index is 1.47. The first-order valence-electron chi connectivity index (χ1n) is 11.6. The lowest BCUT2D eigenvalue weighted by molar-refractivity contribution is -0.137. The number of piperidine rings is 1. The first-order chi connectivity index (χ1) is 15.7. The second-order valence-corrected chi connectivity index (χ2v) is 9.30. The van der Waals surface area contributed by atoms with Crippen LogP contribution in [0.1, 0.15) is 52.7 Å². The van der Waals surface area contributed by atoms with Crippen molar-refractivity contribution in [3.8, 4) is 11.1 Å². The van der Waals surface area contributed by atoms with Crippen LogP contribution in [-0.4, -0.2) is 59.1 Å². The van der Waals surface area contributed by atoms with Crippen LogP contribution in [0.3, 0.4) is 0 Å². The number of rotatable bonds is 4. The standard InChI is InChI=1S/C26H31F3N2O2/c1-17-14-20(19-5-7-21(8-6-19)26(27,28)29)15-18(2)24(17)25(33)30-12-9-22(10-13-30)31-11-3-4-23(31)16-32/h5-8,14-15,22-23,32H,3-4,9-13,16H2,1-2H3. The van der Waals surface area contributed by atoms with Crippen molar-refractivity contribution in [3.05, 3.63) is 58.7 Å². The number of nitrogens with zero attached hydrogens (tertiary/aromatic N) is 2. The molecule has 0 radical (unpaired) electrons. The minimum atomic E-state index is -4.36. The van der Waals surface area contributed by atoms with Crippen molar-refractivity contribution in [2.45, 2.75) is 57.8 Å². The van der Waals surface area contributed by atoms with Crippen LogP contribution in [0.4, 0.5) is 13.2 Å². The first-order valence-corrected chi connectivity index (χ1v) is 11.6. The van der Waals surface area contributed by atoms with Crippen LogP contribution in [0, 0.1) is 13.8 Å². The molecule has 4 rings (SSSR count). The Hall–Kier alpha value is -2.38. The number of aliphatic hydroxyl groups is 1. The molecule has 2 heterocycles. The Kier molecular flexibility index (Phi) is 6.82. The summed E-state index contributed by atoms with van der Waals surface area (Å²) in [4.78, 5) is 17.7. The van der Waals surface area contributed by atoms with E-state index in [2.05, 4.69) is 4.90 Å². The van der Waals surface area contributed by atoms with Crippen molar-refractivity contribution in [1.29, 1.82) is 0 Å². The van der Waals surface area contributed by atoms with Crippen molar-refractivity contribution in [2.75, 3.05) is 26.2 Å². The third-order valence-electron chi connectivity index (χ3n) is 7.15. The molecular formula is C26H31F3N2O2. The van der Waals surface area contributed by atoms with E-state index in [1.54, 1.807) is 0 Å². The van der Waals surface area contributed by atoms with Gasteiger partial charge in [-0.05, 0) is 80.5 Å². The highest BCUT2D eigenvalue weighted by Crippen LogP contribution is 2.33. The number of alkyl halides is 3. The zero-order valence-electron chi connectivity index (χ0n) is 19.2. The van der Waals surface area contributed by atoms with Gasteiger partial charge in [0.1, 0.15) is 0 Å². The summed E-state index contributed by atoms with van der Waals surface area (Å²) in [6.07, 6.45) is -0.386.